The molecular weight excluding hydrogens is 492 g/mol. The summed E-state index contributed by atoms with van der Waals surface area (Å²) in [5.74, 6) is 0.180. The number of carbonyl (C=O) groups excluding carboxylic acids is 2. The lowest BCUT2D eigenvalue weighted by molar-refractivity contribution is -0.132. The number of aromatic nitrogens is 1. The Bertz CT molecular complexity index is 1510. The van der Waals surface area contributed by atoms with Crippen LogP contribution >= 0.6 is 0 Å². The van der Waals surface area contributed by atoms with Crippen molar-refractivity contribution in [3.05, 3.63) is 120 Å². The molecule has 7 nitrogen and oxygen atoms in total. The highest BCUT2D eigenvalue weighted by atomic mass is 16.5. The Labute approximate surface area is 227 Å². The summed E-state index contributed by atoms with van der Waals surface area (Å²) >= 11 is 0. The van der Waals surface area contributed by atoms with Crippen LogP contribution in [0.1, 0.15) is 36.1 Å². The maximum absolute atomic E-state index is 13.4. The Hall–Kier alpha value is -4.91. The molecule has 3 aromatic carbocycles. The van der Waals surface area contributed by atoms with Crippen LogP contribution in [0.3, 0.4) is 0 Å². The Morgan fingerprint density at radius 2 is 1.67 bits per heavy atom. The minimum atomic E-state index is -0.863. The molecule has 1 aliphatic heterocycles. The molecule has 1 aromatic heterocycles. The van der Waals surface area contributed by atoms with Crippen molar-refractivity contribution in [1.82, 2.24) is 4.98 Å². The number of aliphatic hydroxyl groups excluding tert-OH is 1. The average molecular weight is 521 g/mol. The van der Waals surface area contributed by atoms with Crippen LogP contribution in [-0.2, 0) is 9.59 Å². The molecule has 1 amide bonds. The number of carbonyl (C=O) groups is 2. The highest BCUT2D eigenvalue weighted by Crippen LogP contribution is 2.42. The summed E-state index contributed by atoms with van der Waals surface area (Å²) in [6, 6.07) is 24.1. The number of hydrogen-bond donors (Lipinski definition) is 1. The number of hydrogen-bond acceptors (Lipinski definition) is 6. The number of amides is 1. The number of Topliss-reactive ketones (excluding diaryl/α,β-unsaturated/α-hetero) is 1. The molecule has 1 unspecified atom stereocenters. The van der Waals surface area contributed by atoms with Crippen LogP contribution in [0.5, 0.6) is 17.2 Å². The summed E-state index contributed by atoms with van der Waals surface area (Å²) in [6.45, 7) is 4.58. The van der Waals surface area contributed by atoms with E-state index in [1.807, 2.05) is 38.1 Å². The standard InChI is InChI=1S/C32H28N2O5/c1-3-18-38-25-13-9-22(10-14-25)30(35)28-29(23-7-5-17-33-20-23)34(32(37)31(28)36)24-11-15-26(16-12-24)39-27-8-4-6-21(2)19-27/h4-17,19-20,29,35H,3,18H2,1-2H3/b30-28-. The van der Waals surface area contributed by atoms with E-state index in [1.54, 1.807) is 73.1 Å². The number of pyridine rings is 1. The molecule has 0 radical (unpaired) electrons. The molecule has 0 saturated carbocycles. The summed E-state index contributed by atoms with van der Waals surface area (Å²) in [5.41, 5.74) is 2.57. The maximum Gasteiger partial charge on any atom is 0.300 e. The van der Waals surface area contributed by atoms with Gasteiger partial charge in [0, 0.05) is 23.6 Å². The van der Waals surface area contributed by atoms with Gasteiger partial charge in [-0.3, -0.25) is 19.5 Å². The Kier molecular flexibility index (Phi) is 7.41. The summed E-state index contributed by atoms with van der Waals surface area (Å²) in [5, 5.41) is 11.3. The molecule has 0 bridgehead atoms. The number of ether oxygens (including phenoxy) is 2. The van der Waals surface area contributed by atoms with Crippen molar-refractivity contribution >= 4 is 23.1 Å². The van der Waals surface area contributed by atoms with Gasteiger partial charge in [0.15, 0.2) is 0 Å². The lowest BCUT2D eigenvalue weighted by Gasteiger charge is -2.25. The fourth-order valence-corrected chi connectivity index (χ4v) is 4.53. The van der Waals surface area contributed by atoms with Crippen LogP contribution in [0.25, 0.3) is 5.76 Å². The molecule has 1 saturated heterocycles. The highest BCUT2D eigenvalue weighted by Gasteiger charge is 2.47. The molecule has 4 aromatic rings. The molecule has 1 fully saturated rings. The lowest BCUT2D eigenvalue weighted by Crippen LogP contribution is -2.29. The fourth-order valence-electron chi connectivity index (χ4n) is 4.53. The third-order valence-corrected chi connectivity index (χ3v) is 6.39. The third kappa shape index (κ3) is 5.38. The molecule has 1 aliphatic rings. The smallest absolute Gasteiger partial charge is 0.300 e. The van der Waals surface area contributed by atoms with Gasteiger partial charge < -0.3 is 14.6 Å². The van der Waals surface area contributed by atoms with Gasteiger partial charge in [-0.25, -0.2) is 0 Å². The number of aryl methyl sites for hydroxylation is 1. The van der Waals surface area contributed by atoms with Gasteiger partial charge >= 0.3 is 0 Å². The molecule has 39 heavy (non-hydrogen) atoms. The largest absolute Gasteiger partial charge is 0.507 e. The normalized spacial score (nSPS) is 16.4. The van der Waals surface area contributed by atoms with Crippen molar-refractivity contribution in [2.75, 3.05) is 11.5 Å². The van der Waals surface area contributed by atoms with E-state index in [-0.39, 0.29) is 11.3 Å². The molecule has 2 heterocycles. The van der Waals surface area contributed by atoms with Crippen molar-refractivity contribution in [3.63, 3.8) is 0 Å². The monoisotopic (exact) mass is 520 g/mol. The average Bonchev–Trinajstić information content (AvgIpc) is 3.22. The van der Waals surface area contributed by atoms with Crippen molar-refractivity contribution in [2.45, 2.75) is 26.3 Å². The van der Waals surface area contributed by atoms with Crippen LogP contribution in [0.2, 0.25) is 0 Å². The summed E-state index contributed by atoms with van der Waals surface area (Å²) < 4.78 is 11.6. The number of benzene rings is 3. The number of ketones is 1. The predicted octanol–water partition coefficient (Wildman–Crippen LogP) is 6.60. The minimum absolute atomic E-state index is 0.00434. The maximum atomic E-state index is 13.4. The van der Waals surface area contributed by atoms with Crippen molar-refractivity contribution in [3.8, 4) is 17.2 Å². The zero-order chi connectivity index (χ0) is 27.4. The molecule has 1 atom stereocenters. The van der Waals surface area contributed by atoms with E-state index in [9.17, 15) is 14.7 Å². The van der Waals surface area contributed by atoms with E-state index in [4.69, 9.17) is 9.47 Å². The first kappa shape index (κ1) is 25.7. The van der Waals surface area contributed by atoms with Gasteiger partial charge in [-0.15, -0.1) is 0 Å². The molecule has 5 rings (SSSR count). The molecular formula is C32H28N2O5. The Morgan fingerprint density at radius 3 is 2.33 bits per heavy atom. The minimum Gasteiger partial charge on any atom is -0.507 e. The summed E-state index contributed by atoms with van der Waals surface area (Å²) in [6.07, 6.45) is 4.07. The van der Waals surface area contributed by atoms with Gasteiger partial charge in [-0.05, 0) is 91.2 Å². The van der Waals surface area contributed by atoms with Gasteiger partial charge in [0.1, 0.15) is 23.0 Å². The number of nitrogens with zero attached hydrogens (tertiary/aromatic N) is 2. The fraction of sp³-hybridized carbons (Fsp3) is 0.156. The van der Waals surface area contributed by atoms with Gasteiger partial charge in [0.05, 0.1) is 18.2 Å². The second-order valence-electron chi connectivity index (χ2n) is 9.24. The van der Waals surface area contributed by atoms with Crippen molar-refractivity contribution in [2.24, 2.45) is 0 Å². The second-order valence-corrected chi connectivity index (χ2v) is 9.24. The first-order valence-corrected chi connectivity index (χ1v) is 12.7. The molecule has 1 N–H and O–H groups in total. The number of rotatable bonds is 8. The van der Waals surface area contributed by atoms with E-state index in [0.717, 1.165) is 12.0 Å². The highest BCUT2D eigenvalue weighted by molar-refractivity contribution is 6.51. The van der Waals surface area contributed by atoms with E-state index >= 15 is 0 Å². The van der Waals surface area contributed by atoms with E-state index in [1.165, 1.54) is 4.90 Å². The van der Waals surface area contributed by atoms with Crippen molar-refractivity contribution in [1.29, 1.82) is 0 Å². The van der Waals surface area contributed by atoms with E-state index in [0.29, 0.717) is 40.7 Å². The zero-order valence-electron chi connectivity index (χ0n) is 21.7. The quantitative estimate of drug-likeness (QED) is 0.160. The van der Waals surface area contributed by atoms with E-state index < -0.39 is 17.7 Å². The van der Waals surface area contributed by atoms with Gasteiger partial charge in [0.2, 0.25) is 0 Å². The van der Waals surface area contributed by atoms with E-state index in [2.05, 4.69) is 4.98 Å². The Balaban J connectivity index is 1.52. The number of anilines is 1. The van der Waals surface area contributed by atoms with Crippen LogP contribution < -0.4 is 14.4 Å². The molecule has 0 spiro atoms. The first-order chi connectivity index (χ1) is 19.0. The molecule has 0 aliphatic carbocycles. The SMILES string of the molecule is CCCOc1ccc(/C(O)=C2/C(=O)C(=O)N(c3ccc(Oc4cccc(C)c4)cc3)C2c2cccnc2)cc1. The molecule has 7 heteroatoms. The first-order valence-electron chi connectivity index (χ1n) is 12.7. The van der Waals surface area contributed by atoms with Gasteiger partial charge in [-0.2, -0.15) is 0 Å². The van der Waals surface area contributed by atoms with Crippen LogP contribution in [-0.4, -0.2) is 28.4 Å². The van der Waals surface area contributed by atoms with Crippen LogP contribution in [0.4, 0.5) is 5.69 Å². The lowest BCUT2D eigenvalue weighted by atomic mass is 9.96. The third-order valence-electron chi connectivity index (χ3n) is 6.39. The Morgan fingerprint density at radius 1 is 0.923 bits per heavy atom. The van der Waals surface area contributed by atoms with Gasteiger partial charge in [0.25, 0.3) is 11.7 Å². The van der Waals surface area contributed by atoms with Crippen LogP contribution in [0, 0.1) is 6.92 Å². The predicted molar refractivity (Wildman–Crippen MR) is 149 cm³/mol. The van der Waals surface area contributed by atoms with Crippen LogP contribution in [0.15, 0.2) is 103 Å². The number of aliphatic hydroxyl groups is 1. The zero-order valence-corrected chi connectivity index (χ0v) is 21.7. The van der Waals surface area contributed by atoms with Crippen molar-refractivity contribution < 1.29 is 24.2 Å². The summed E-state index contributed by atoms with van der Waals surface area (Å²) in [7, 11) is 0. The topological polar surface area (TPSA) is 89.0 Å². The van der Waals surface area contributed by atoms with Gasteiger partial charge in [-0.1, -0.05) is 25.1 Å². The summed E-state index contributed by atoms with van der Waals surface area (Å²) in [4.78, 5) is 32.3. The molecule has 196 valence electrons. The second kappa shape index (κ2) is 11.2.